The van der Waals surface area contributed by atoms with E-state index in [0.717, 1.165) is 10.8 Å². The van der Waals surface area contributed by atoms with Gasteiger partial charge in [-0.15, -0.1) is 0 Å². The van der Waals surface area contributed by atoms with E-state index in [4.69, 9.17) is 4.74 Å². The molecule has 0 bridgehead atoms. The van der Waals surface area contributed by atoms with Crippen LogP contribution in [0.3, 0.4) is 0 Å². The highest BCUT2D eigenvalue weighted by atomic mass is 16.5. The van der Waals surface area contributed by atoms with Gasteiger partial charge in [0.05, 0.1) is 18.2 Å². The van der Waals surface area contributed by atoms with Crippen LogP contribution in [0.15, 0.2) is 60.7 Å². The molecule has 0 aliphatic carbocycles. The molecule has 0 aromatic heterocycles. The minimum atomic E-state index is -0.329. The van der Waals surface area contributed by atoms with Gasteiger partial charge in [0.25, 0.3) is 17.7 Å². The lowest BCUT2D eigenvalue weighted by atomic mass is 10.0. The molecule has 0 saturated heterocycles. The average molecular weight is 374 g/mol. The van der Waals surface area contributed by atoms with E-state index in [1.54, 1.807) is 43.5 Å². The Morgan fingerprint density at radius 2 is 1.50 bits per heavy atom. The molecule has 1 aliphatic heterocycles. The van der Waals surface area contributed by atoms with Crippen LogP contribution in [0.1, 0.15) is 31.1 Å². The van der Waals surface area contributed by atoms with Gasteiger partial charge in [-0.3, -0.25) is 19.3 Å². The number of carbonyl (C=O) groups is 3. The summed E-state index contributed by atoms with van der Waals surface area (Å²) in [5.74, 6) is -0.270. The van der Waals surface area contributed by atoms with Crippen molar-refractivity contribution < 1.29 is 19.1 Å². The van der Waals surface area contributed by atoms with Crippen molar-refractivity contribution in [2.75, 3.05) is 20.2 Å². The first-order chi connectivity index (χ1) is 13.6. The highest BCUT2D eigenvalue weighted by molar-refractivity contribution is 6.23. The van der Waals surface area contributed by atoms with Crippen molar-refractivity contribution in [3.8, 4) is 5.75 Å². The number of nitrogens with zero attached hydrogens (tertiary/aromatic N) is 1. The fraction of sp³-hybridized carbons (Fsp3) is 0.136. The standard InChI is InChI=1S/C22H18N2O4/c1-28-17-8-6-14(7-9-17)20(25)23-10-11-24-21(26)18-12-15-4-2-3-5-16(15)13-19(18)22(24)27/h2-9,12-13H,10-11H2,1H3,(H,23,25). The second kappa shape index (κ2) is 7.15. The maximum Gasteiger partial charge on any atom is 0.261 e. The summed E-state index contributed by atoms with van der Waals surface area (Å²) in [7, 11) is 1.56. The molecular formula is C22H18N2O4. The maximum atomic E-state index is 12.6. The zero-order valence-electron chi connectivity index (χ0n) is 15.3. The highest BCUT2D eigenvalue weighted by Gasteiger charge is 2.35. The third-order valence-corrected chi connectivity index (χ3v) is 4.81. The molecule has 0 fully saturated rings. The molecule has 4 rings (SSSR count). The molecule has 140 valence electrons. The fourth-order valence-corrected chi connectivity index (χ4v) is 3.31. The number of carbonyl (C=O) groups excluding carboxylic acids is 3. The number of amides is 3. The van der Waals surface area contributed by atoms with Crippen LogP contribution >= 0.6 is 0 Å². The number of nitrogens with one attached hydrogen (secondary N) is 1. The van der Waals surface area contributed by atoms with E-state index in [-0.39, 0.29) is 30.8 Å². The number of benzene rings is 3. The van der Waals surface area contributed by atoms with Gasteiger partial charge in [-0.1, -0.05) is 24.3 Å². The summed E-state index contributed by atoms with van der Waals surface area (Å²) in [6, 6.07) is 17.8. The van der Waals surface area contributed by atoms with Crippen LogP contribution in [-0.4, -0.2) is 42.8 Å². The molecule has 1 aliphatic rings. The van der Waals surface area contributed by atoms with Crippen molar-refractivity contribution >= 4 is 28.5 Å². The molecule has 3 amide bonds. The van der Waals surface area contributed by atoms with Crippen LogP contribution < -0.4 is 10.1 Å². The second-order valence-electron chi connectivity index (χ2n) is 6.49. The molecule has 0 spiro atoms. The Labute approximate surface area is 161 Å². The number of fused-ring (bicyclic) bond motifs is 2. The summed E-state index contributed by atoms with van der Waals surface area (Å²) in [5.41, 5.74) is 1.30. The molecule has 0 radical (unpaired) electrons. The molecule has 1 heterocycles. The lowest BCUT2D eigenvalue weighted by Gasteiger charge is -2.14. The number of hydrogen-bond donors (Lipinski definition) is 1. The molecule has 6 nitrogen and oxygen atoms in total. The lowest BCUT2D eigenvalue weighted by Crippen LogP contribution is -2.38. The Bertz CT molecular complexity index is 1030. The van der Waals surface area contributed by atoms with E-state index >= 15 is 0 Å². The monoisotopic (exact) mass is 374 g/mol. The Morgan fingerprint density at radius 3 is 2.04 bits per heavy atom. The largest absolute Gasteiger partial charge is 0.497 e. The topological polar surface area (TPSA) is 75.7 Å². The smallest absolute Gasteiger partial charge is 0.261 e. The van der Waals surface area contributed by atoms with E-state index in [1.807, 2.05) is 24.3 Å². The first-order valence-corrected chi connectivity index (χ1v) is 8.90. The van der Waals surface area contributed by atoms with Crippen molar-refractivity contribution in [2.45, 2.75) is 0 Å². The number of imide groups is 1. The molecule has 3 aromatic rings. The third-order valence-electron chi connectivity index (χ3n) is 4.81. The van der Waals surface area contributed by atoms with Crippen LogP contribution in [0.25, 0.3) is 10.8 Å². The molecule has 3 aromatic carbocycles. The van der Waals surface area contributed by atoms with E-state index in [0.29, 0.717) is 22.4 Å². The van der Waals surface area contributed by atoms with Crippen molar-refractivity contribution in [1.82, 2.24) is 10.2 Å². The summed E-state index contributed by atoms with van der Waals surface area (Å²) >= 11 is 0. The minimum absolute atomic E-state index is 0.116. The molecule has 6 heteroatoms. The quantitative estimate of drug-likeness (QED) is 0.697. The Kier molecular flexibility index (Phi) is 4.53. The maximum absolute atomic E-state index is 12.6. The van der Waals surface area contributed by atoms with Crippen LogP contribution in [0, 0.1) is 0 Å². The molecule has 0 saturated carbocycles. The second-order valence-corrected chi connectivity index (χ2v) is 6.49. The van der Waals surface area contributed by atoms with Gasteiger partial charge in [0.15, 0.2) is 0 Å². The van der Waals surface area contributed by atoms with Gasteiger partial charge in [0.2, 0.25) is 0 Å². The first kappa shape index (κ1) is 17.7. The Hall–Kier alpha value is -3.67. The van der Waals surface area contributed by atoms with Gasteiger partial charge >= 0.3 is 0 Å². The zero-order valence-corrected chi connectivity index (χ0v) is 15.3. The molecule has 1 N–H and O–H groups in total. The Morgan fingerprint density at radius 1 is 0.929 bits per heavy atom. The third kappa shape index (κ3) is 3.09. The van der Waals surface area contributed by atoms with Gasteiger partial charge in [-0.2, -0.15) is 0 Å². The number of hydrogen-bond acceptors (Lipinski definition) is 4. The predicted octanol–water partition coefficient (Wildman–Crippen LogP) is 2.87. The molecule has 28 heavy (non-hydrogen) atoms. The van der Waals surface area contributed by atoms with Crippen molar-refractivity contribution in [2.24, 2.45) is 0 Å². The van der Waals surface area contributed by atoms with Crippen LogP contribution in [0.5, 0.6) is 5.75 Å². The summed E-state index contributed by atoms with van der Waals surface area (Å²) in [5, 5.41) is 4.57. The van der Waals surface area contributed by atoms with E-state index in [1.165, 1.54) is 4.90 Å². The number of ether oxygens (including phenoxy) is 1. The lowest BCUT2D eigenvalue weighted by molar-refractivity contribution is 0.0650. The minimum Gasteiger partial charge on any atom is -0.497 e. The van der Waals surface area contributed by atoms with Crippen molar-refractivity contribution in [3.63, 3.8) is 0 Å². The first-order valence-electron chi connectivity index (χ1n) is 8.90. The van der Waals surface area contributed by atoms with Gasteiger partial charge in [-0.05, 0) is 47.2 Å². The summed E-state index contributed by atoms with van der Waals surface area (Å²) in [6.45, 7) is 0.292. The highest BCUT2D eigenvalue weighted by Crippen LogP contribution is 2.27. The molecule has 0 unspecified atom stereocenters. The van der Waals surface area contributed by atoms with Crippen molar-refractivity contribution in [1.29, 1.82) is 0 Å². The van der Waals surface area contributed by atoms with Gasteiger partial charge in [-0.25, -0.2) is 0 Å². The SMILES string of the molecule is COc1ccc(C(=O)NCCN2C(=O)c3cc4ccccc4cc3C2=O)cc1. The van der Waals surface area contributed by atoms with E-state index in [2.05, 4.69) is 5.32 Å². The predicted molar refractivity (Wildman–Crippen MR) is 105 cm³/mol. The van der Waals surface area contributed by atoms with Gasteiger partial charge in [0, 0.05) is 18.7 Å². The number of rotatable bonds is 5. The fourth-order valence-electron chi connectivity index (χ4n) is 3.31. The molecular weight excluding hydrogens is 356 g/mol. The van der Waals surface area contributed by atoms with Gasteiger partial charge in [0.1, 0.15) is 5.75 Å². The summed E-state index contributed by atoms with van der Waals surface area (Å²) in [4.78, 5) is 38.7. The normalized spacial score (nSPS) is 13.0. The summed E-state index contributed by atoms with van der Waals surface area (Å²) in [6.07, 6.45) is 0. The van der Waals surface area contributed by atoms with Gasteiger partial charge < -0.3 is 10.1 Å². The number of methoxy groups -OCH3 is 1. The van der Waals surface area contributed by atoms with Crippen LogP contribution in [-0.2, 0) is 0 Å². The zero-order chi connectivity index (χ0) is 19.7. The van der Waals surface area contributed by atoms with E-state index < -0.39 is 0 Å². The van der Waals surface area contributed by atoms with Crippen LogP contribution in [0.4, 0.5) is 0 Å². The van der Waals surface area contributed by atoms with E-state index in [9.17, 15) is 14.4 Å². The van der Waals surface area contributed by atoms with Crippen LogP contribution in [0.2, 0.25) is 0 Å². The Balaban J connectivity index is 1.43. The average Bonchev–Trinajstić information content (AvgIpc) is 2.96. The molecule has 0 atom stereocenters. The summed E-state index contributed by atoms with van der Waals surface area (Å²) < 4.78 is 5.07. The van der Waals surface area contributed by atoms with Crippen molar-refractivity contribution in [3.05, 3.63) is 77.4 Å².